The number of hydrogen-bond donors (Lipinski definition) is 1. The van der Waals surface area contributed by atoms with Crippen LogP contribution in [0.25, 0.3) is 0 Å². The predicted molar refractivity (Wildman–Crippen MR) is 104 cm³/mol. The number of sulfonamides is 1. The average molecular weight is 421 g/mol. The molecule has 0 saturated carbocycles. The van der Waals surface area contributed by atoms with Gasteiger partial charge in [0.05, 0.1) is 27.0 Å². The van der Waals surface area contributed by atoms with Crippen molar-refractivity contribution in [3.63, 3.8) is 0 Å². The van der Waals surface area contributed by atoms with Crippen molar-refractivity contribution < 1.29 is 22.5 Å². The van der Waals surface area contributed by atoms with Crippen LogP contribution in [0, 0.1) is 28.8 Å². The first-order chi connectivity index (χ1) is 13.7. The van der Waals surface area contributed by atoms with E-state index in [4.69, 9.17) is 0 Å². The van der Waals surface area contributed by atoms with Gasteiger partial charge in [-0.1, -0.05) is 6.07 Å². The Morgan fingerprint density at radius 1 is 1.24 bits per heavy atom. The summed E-state index contributed by atoms with van der Waals surface area (Å²) in [7, 11) is -3.85. The van der Waals surface area contributed by atoms with Crippen LogP contribution in [0.5, 0.6) is 0 Å². The molecular weight excluding hydrogens is 401 g/mol. The van der Waals surface area contributed by atoms with Crippen molar-refractivity contribution in [2.24, 2.45) is 5.92 Å². The van der Waals surface area contributed by atoms with Gasteiger partial charge in [0.15, 0.2) is 0 Å². The zero-order valence-corrected chi connectivity index (χ0v) is 16.5. The van der Waals surface area contributed by atoms with E-state index in [0.29, 0.717) is 24.1 Å². The van der Waals surface area contributed by atoms with Crippen LogP contribution in [0.15, 0.2) is 47.4 Å². The van der Waals surface area contributed by atoms with Crippen LogP contribution in [0.1, 0.15) is 18.4 Å². The van der Waals surface area contributed by atoms with E-state index in [2.05, 4.69) is 5.32 Å². The molecule has 0 unspecified atom stereocenters. The lowest BCUT2D eigenvalue weighted by Gasteiger charge is -2.31. The number of nitrogens with one attached hydrogen (secondary N) is 1. The van der Waals surface area contributed by atoms with Gasteiger partial charge in [0.1, 0.15) is 5.82 Å². The zero-order chi connectivity index (χ0) is 21.2. The Balaban J connectivity index is 1.75. The summed E-state index contributed by atoms with van der Waals surface area (Å²) >= 11 is 0. The van der Waals surface area contributed by atoms with Gasteiger partial charge in [-0.15, -0.1) is 0 Å². The van der Waals surface area contributed by atoms with Crippen molar-refractivity contribution in [2.75, 3.05) is 18.4 Å². The van der Waals surface area contributed by atoms with Crippen LogP contribution in [-0.2, 0) is 14.8 Å². The molecule has 1 aliphatic rings. The van der Waals surface area contributed by atoms with E-state index in [1.165, 1.54) is 28.6 Å². The minimum Gasteiger partial charge on any atom is -0.325 e. The number of rotatable bonds is 5. The van der Waals surface area contributed by atoms with Crippen LogP contribution in [0.3, 0.4) is 0 Å². The predicted octanol–water partition coefficient (Wildman–Crippen LogP) is 3.08. The summed E-state index contributed by atoms with van der Waals surface area (Å²) in [4.78, 5) is 23.2. The number of hydrogen-bond acceptors (Lipinski definition) is 5. The normalized spacial score (nSPS) is 17.7. The number of carbonyl (C=O) groups is 1. The molecule has 2 aromatic rings. The Bertz CT molecular complexity index is 1040. The Labute approximate surface area is 167 Å². The fourth-order valence-corrected chi connectivity index (χ4v) is 4.85. The average Bonchev–Trinajstić information content (AvgIpc) is 2.69. The van der Waals surface area contributed by atoms with Gasteiger partial charge in [-0.05, 0) is 50.1 Å². The van der Waals surface area contributed by atoms with Gasteiger partial charge < -0.3 is 5.32 Å². The molecule has 3 rings (SSSR count). The van der Waals surface area contributed by atoms with Crippen LogP contribution < -0.4 is 5.32 Å². The lowest BCUT2D eigenvalue weighted by atomic mass is 9.98. The van der Waals surface area contributed by atoms with Crippen LogP contribution >= 0.6 is 0 Å². The van der Waals surface area contributed by atoms with Crippen LogP contribution in [0.2, 0.25) is 0 Å². The molecule has 1 N–H and O–H groups in total. The van der Waals surface area contributed by atoms with E-state index >= 15 is 0 Å². The smallest absolute Gasteiger partial charge is 0.274 e. The molecule has 0 spiro atoms. The highest BCUT2D eigenvalue weighted by atomic mass is 32.2. The fraction of sp³-hybridized carbons (Fsp3) is 0.316. The number of nitro benzene ring substituents is 1. The second-order valence-corrected chi connectivity index (χ2v) is 8.79. The zero-order valence-electron chi connectivity index (χ0n) is 15.7. The van der Waals surface area contributed by atoms with Gasteiger partial charge in [-0.25, -0.2) is 12.8 Å². The van der Waals surface area contributed by atoms with Gasteiger partial charge >= 0.3 is 0 Å². The molecule has 1 aliphatic heterocycles. The molecule has 1 atom stereocenters. The Morgan fingerprint density at radius 2 is 1.93 bits per heavy atom. The summed E-state index contributed by atoms with van der Waals surface area (Å²) in [6, 6.07) is 8.94. The summed E-state index contributed by atoms with van der Waals surface area (Å²) in [6.45, 7) is 1.79. The minimum atomic E-state index is -3.85. The van der Waals surface area contributed by atoms with Crippen molar-refractivity contribution in [2.45, 2.75) is 24.7 Å². The summed E-state index contributed by atoms with van der Waals surface area (Å²) in [5.41, 5.74) is 0.548. The van der Waals surface area contributed by atoms with Crippen LogP contribution in [-0.4, -0.2) is 36.6 Å². The van der Waals surface area contributed by atoms with E-state index in [1.807, 2.05) is 0 Å². The van der Waals surface area contributed by atoms with Gasteiger partial charge in [0.25, 0.3) is 5.69 Å². The lowest BCUT2D eigenvalue weighted by Crippen LogP contribution is -2.43. The molecule has 1 heterocycles. The van der Waals surface area contributed by atoms with Gasteiger partial charge in [-0.2, -0.15) is 4.31 Å². The van der Waals surface area contributed by atoms with Crippen molar-refractivity contribution in [3.05, 3.63) is 64.0 Å². The lowest BCUT2D eigenvalue weighted by molar-refractivity contribution is -0.385. The molecule has 0 aliphatic carbocycles. The molecule has 10 heteroatoms. The van der Waals surface area contributed by atoms with E-state index in [1.54, 1.807) is 13.0 Å². The number of benzene rings is 2. The summed E-state index contributed by atoms with van der Waals surface area (Å²) in [5.74, 6) is -1.53. The molecule has 1 amide bonds. The third-order valence-corrected chi connectivity index (χ3v) is 6.85. The van der Waals surface area contributed by atoms with Gasteiger partial charge in [-0.3, -0.25) is 14.9 Å². The van der Waals surface area contributed by atoms with E-state index in [0.717, 1.165) is 12.1 Å². The number of anilines is 1. The highest BCUT2D eigenvalue weighted by molar-refractivity contribution is 7.89. The monoisotopic (exact) mass is 421 g/mol. The van der Waals surface area contributed by atoms with E-state index in [-0.39, 0.29) is 23.7 Å². The molecule has 0 radical (unpaired) electrons. The van der Waals surface area contributed by atoms with Crippen molar-refractivity contribution in [1.29, 1.82) is 0 Å². The third-order valence-electron chi connectivity index (χ3n) is 4.97. The van der Waals surface area contributed by atoms with Crippen LogP contribution in [0.4, 0.5) is 15.8 Å². The number of nitro groups is 1. The number of amides is 1. The second kappa shape index (κ2) is 8.26. The topological polar surface area (TPSA) is 110 Å². The molecule has 2 aromatic carbocycles. The first kappa shape index (κ1) is 20.9. The van der Waals surface area contributed by atoms with Crippen molar-refractivity contribution in [3.8, 4) is 0 Å². The summed E-state index contributed by atoms with van der Waals surface area (Å²) in [6.07, 6.45) is 0.988. The number of nitrogens with zero attached hydrogens (tertiary/aromatic N) is 2. The third kappa shape index (κ3) is 4.43. The quantitative estimate of drug-likeness (QED) is 0.589. The second-order valence-electron chi connectivity index (χ2n) is 6.85. The minimum absolute atomic E-state index is 0.0144. The maximum atomic E-state index is 13.1. The molecule has 0 aromatic heterocycles. The summed E-state index contributed by atoms with van der Waals surface area (Å²) in [5, 5.41) is 13.7. The highest BCUT2D eigenvalue weighted by Crippen LogP contribution is 2.28. The van der Waals surface area contributed by atoms with Gasteiger partial charge in [0, 0.05) is 19.2 Å². The highest BCUT2D eigenvalue weighted by Gasteiger charge is 2.33. The Hall–Kier alpha value is -2.85. The largest absolute Gasteiger partial charge is 0.325 e. The first-order valence-corrected chi connectivity index (χ1v) is 10.4. The maximum absolute atomic E-state index is 13.1. The molecule has 1 saturated heterocycles. The SMILES string of the molecule is Cc1c(NC(=O)[C@H]2CCCN(S(=O)(=O)c3ccc(F)cc3)C2)cccc1[N+](=O)[O-]. The molecule has 1 fully saturated rings. The number of halogens is 1. The Kier molecular flexibility index (Phi) is 5.94. The molecule has 29 heavy (non-hydrogen) atoms. The van der Waals surface area contributed by atoms with Crippen molar-refractivity contribution >= 4 is 27.3 Å². The Morgan fingerprint density at radius 3 is 2.59 bits per heavy atom. The molecule has 0 bridgehead atoms. The number of piperidine rings is 1. The maximum Gasteiger partial charge on any atom is 0.274 e. The van der Waals surface area contributed by atoms with E-state index < -0.39 is 32.6 Å². The standard InChI is InChI=1S/C19H20FN3O5S/c1-13-17(5-2-6-18(13)23(25)26)21-19(24)14-4-3-11-22(12-14)29(27,28)16-9-7-15(20)8-10-16/h2,5-10,14H,3-4,11-12H2,1H3,(H,21,24)/t14-/m0/s1. The first-order valence-electron chi connectivity index (χ1n) is 9.00. The molecular formula is C19H20FN3O5S. The van der Waals surface area contributed by atoms with E-state index in [9.17, 15) is 27.7 Å². The number of carbonyl (C=O) groups excluding carboxylic acids is 1. The van der Waals surface area contributed by atoms with Crippen molar-refractivity contribution in [1.82, 2.24) is 4.31 Å². The van der Waals surface area contributed by atoms with Gasteiger partial charge in [0.2, 0.25) is 15.9 Å². The summed E-state index contributed by atoms with van der Waals surface area (Å²) < 4.78 is 39.9. The fourth-order valence-electron chi connectivity index (χ4n) is 3.32. The molecule has 8 nitrogen and oxygen atoms in total. The molecule has 154 valence electrons.